The molecule has 0 radical (unpaired) electrons. The molecule has 1 rings (SSSR count). The summed E-state index contributed by atoms with van der Waals surface area (Å²) in [7, 11) is -3.29. The number of sulfone groups is 1. The predicted octanol–water partition coefficient (Wildman–Crippen LogP) is -0.895. The van der Waals surface area contributed by atoms with E-state index >= 15 is 0 Å². The van der Waals surface area contributed by atoms with Crippen LogP contribution >= 0.6 is 0 Å². The molecule has 1 fully saturated rings. The van der Waals surface area contributed by atoms with Crippen molar-refractivity contribution in [1.82, 2.24) is 4.90 Å². The van der Waals surface area contributed by atoms with E-state index in [1.54, 1.807) is 0 Å². The molecular weight excluding hydrogens is 222 g/mol. The summed E-state index contributed by atoms with van der Waals surface area (Å²) < 4.78 is 22.5. The summed E-state index contributed by atoms with van der Waals surface area (Å²) in [5.41, 5.74) is 0. The minimum Gasteiger partial charge on any atom is -0.480 e. The van der Waals surface area contributed by atoms with E-state index in [4.69, 9.17) is 5.11 Å². The molecule has 7 heteroatoms. The van der Waals surface area contributed by atoms with Crippen LogP contribution in [-0.2, 0) is 19.4 Å². The predicted molar refractivity (Wildman–Crippen MR) is 52.1 cm³/mol. The molecule has 0 aromatic carbocycles. The minimum atomic E-state index is -3.29. The zero-order valence-electron chi connectivity index (χ0n) is 8.50. The van der Waals surface area contributed by atoms with Gasteiger partial charge in [0.25, 0.3) is 0 Å². The largest absolute Gasteiger partial charge is 0.480 e. The van der Waals surface area contributed by atoms with E-state index in [2.05, 4.69) is 0 Å². The van der Waals surface area contributed by atoms with Crippen LogP contribution in [0.15, 0.2) is 0 Å². The minimum absolute atomic E-state index is 0.0201. The smallest absolute Gasteiger partial charge is 0.326 e. The van der Waals surface area contributed by atoms with Crippen molar-refractivity contribution in [3.63, 3.8) is 0 Å². The van der Waals surface area contributed by atoms with Gasteiger partial charge in [0.15, 0.2) is 9.84 Å². The van der Waals surface area contributed by atoms with Gasteiger partial charge >= 0.3 is 5.97 Å². The third-order valence-electron chi connectivity index (χ3n) is 2.56. The number of hydrogen-bond donors (Lipinski definition) is 1. The van der Waals surface area contributed by atoms with Crippen LogP contribution in [0, 0.1) is 0 Å². The molecule has 86 valence electrons. The van der Waals surface area contributed by atoms with Crippen molar-refractivity contribution in [3.8, 4) is 0 Å². The zero-order valence-corrected chi connectivity index (χ0v) is 9.32. The third kappa shape index (κ3) is 2.47. The lowest BCUT2D eigenvalue weighted by atomic mass is 10.2. The average molecular weight is 235 g/mol. The summed E-state index contributed by atoms with van der Waals surface area (Å²) in [6.45, 7) is 1.21. The lowest BCUT2D eigenvalue weighted by molar-refractivity contribution is -0.147. The molecule has 0 unspecified atom stereocenters. The van der Waals surface area contributed by atoms with Crippen LogP contribution in [0.4, 0.5) is 0 Å². The van der Waals surface area contributed by atoms with Gasteiger partial charge in [0.05, 0.1) is 5.25 Å². The van der Waals surface area contributed by atoms with Crippen LogP contribution in [0.2, 0.25) is 0 Å². The topological polar surface area (TPSA) is 91.8 Å². The number of nitrogens with zero attached hydrogens (tertiary/aromatic N) is 1. The molecule has 1 aliphatic rings. The number of rotatable bonds is 2. The number of carboxylic acid groups (broad SMARTS) is 1. The molecular formula is C8H13NO5S. The SMILES string of the molecule is CC(=O)N1C[C@H](S(C)(=O)=O)C[C@H]1C(=O)O. The van der Waals surface area contributed by atoms with Crippen molar-refractivity contribution >= 4 is 21.7 Å². The number of hydrogen-bond acceptors (Lipinski definition) is 4. The van der Waals surface area contributed by atoms with Crippen LogP contribution in [0.3, 0.4) is 0 Å². The first kappa shape index (κ1) is 12.0. The molecule has 0 bridgehead atoms. The van der Waals surface area contributed by atoms with Crippen LogP contribution in [-0.4, -0.2) is 54.4 Å². The highest BCUT2D eigenvalue weighted by molar-refractivity contribution is 7.91. The van der Waals surface area contributed by atoms with Crippen molar-refractivity contribution in [1.29, 1.82) is 0 Å². The maximum Gasteiger partial charge on any atom is 0.326 e. The van der Waals surface area contributed by atoms with Gasteiger partial charge in [0, 0.05) is 19.7 Å². The monoisotopic (exact) mass is 235 g/mol. The first-order chi connectivity index (χ1) is 6.73. The Morgan fingerprint density at radius 3 is 2.20 bits per heavy atom. The van der Waals surface area contributed by atoms with Gasteiger partial charge in [-0.1, -0.05) is 0 Å². The molecule has 15 heavy (non-hydrogen) atoms. The van der Waals surface area contributed by atoms with E-state index in [9.17, 15) is 18.0 Å². The second kappa shape index (κ2) is 3.80. The fourth-order valence-corrected chi connectivity index (χ4v) is 2.65. The summed E-state index contributed by atoms with van der Waals surface area (Å²) in [6.07, 6.45) is 1.04. The first-order valence-corrected chi connectivity index (χ1v) is 6.38. The van der Waals surface area contributed by atoms with Crippen LogP contribution in [0.1, 0.15) is 13.3 Å². The van der Waals surface area contributed by atoms with E-state index in [0.717, 1.165) is 11.2 Å². The highest BCUT2D eigenvalue weighted by Gasteiger charge is 2.42. The molecule has 0 spiro atoms. The van der Waals surface area contributed by atoms with E-state index < -0.39 is 33.0 Å². The number of carboxylic acids is 1. The van der Waals surface area contributed by atoms with Crippen molar-refractivity contribution in [3.05, 3.63) is 0 Å². The maximum atomic E-state index is 11.2. The number of likely N-dealkylation sites (tertiary alicyclic amines) is 1. The van der Waals surface area contributed by atoms with Gasteiger partial charge < -0.3 is 10.0 Å². The van der Waals surface area contributed by atoms with Gasteiger partial charge in [0.2, 0.25) is 5.91 Å². The Kier molecular flexibility index (Phi) is 3.03. The summed E-state index contributed by atoms with van der Waals surface area (Å²) in [5.74, 6) is -1.56. The van der Waals surface area contributed by atoms with Gasteiger partial charge in [-0.05, 0) is 6.42 Å². The summed E-state index contributed by atoms with van der Waals surface area (Å²) in [5, 5.41) is 8.07. The molecule has 1 saturated heterocycles. The normalized spacial score (nSPS) is 26.7. The van der Waals surface area contributed by atoms with E-state index in [0.29, 0.717) is 0 Å². The lowest BCUT2D eigenvalue weighted by Gasteiger charge is -2.18. The second-order valence-electron chi connectivity index (χ2n) is 3.71. The molecule has 2 atom stereocenters. The maximum absolute atomic E-state index is 11.2. The van der Waals surface area contributed by atoms with Crippen molar-refractivity contribution in [2.75, 3.05) is 12.8 Å². The molecule has 0 aliphatic carbocycles. The Hall–Kier alpha value is -1.11. The molecule has 1 aliphatic heterocycles. The molecule has 0 aromatic rings. The fourth-order valence-electron chi connectivity index (χ4n) is 1.69. The van der Waals surface area contributed by atoms with Gasteiger partial charge in [-0.15, -0.1) is 0 Å². The number of carbonyl (C=O) groups is 2. The number of carbonyl (C=O) groups excluding carboxylic acids is 1. The van der Waals surface area contributed by atoms with Crippen molar-refractivity contribution < 1.29 is 23.1 Å². The lowest BCUT2D eigenvalue weighted by Crippen LogP contribution is -2.39. The summed E-state index contributed by atoms with van der Waals surface area (Å²) in [6, 6.07) is -1.01. The van der Waals surface area contributed by atoms with Crippen molar-refractivity contribution in [2.24, 2.45) is 0 Å². The van der Waals surface area contributed by atoms with Crippen LogP contribution < -0.4 is 0 Å². The van der Waals surface area contributed by atoms with E-state index in [1.165, 1.54) is 6.92 Å². The average Bonchev–Trinajstić information content (AvgIpc) is 2.45. The fraction of sp³-hybridized carbons (Fsp3) is 0.750. The van der Waals surface area contributed by atoms with Gasteiger partial charge in [0.1, 0.15) is 6.04 Å². The first-order valence-electron chi connectivity index (χ1n) is 4.42. The van der Waals surface area contributed by atoms with E-state index in [1.807, 2.05) is 0 Å². The van der Waals surface area contributed by atoms with Gasteiger partial charge in [-0.25, -0.2) is 13.2 Å². The Bertz CT molecular complexity index is 366. The Morgan fingerprint density at radius 2 is 1.93 bits per heavy atom. The van der Waals surface area contributed by atoms with Crippen LogP contribution in [0.25, 0.3) is 0 Å². The molecule has 0 aromatic heterocycles. The second-order valence-corrected chi connectivity index (χ2v) is 6.04. The van der Waals surface area contributed by atoms with Gasteiger partial charge in [-0.3, -0.25) is 4.79 Å². The quantitative estimate of drug-likeness (QED) is 0.670. The standard InChI is InChI=1S/C8H13NO5S/c1-5(10)9-4-6(15(2,13)14)3-7(9)8(11)12/h6-7H,3-4H2,1-2H3,(H,11,12)/t6-,7+/m1/s1. The molecule has 0 saturated carbocycles. The summed E-state index contributed by atoms with van der Waals surface area (Å²) in [4.78, 5) is 23.0. The Labute approximate surface area is 87.8 Å². The van der Waals surface area contributed by atoms with Gasteiger partial charge in [-0.2, -0.15) is 0 Å². The Morgan fingerprint density at radius 1 is 1.40 bits per heavy atom. The summed E-state index contributed by atoms with van der Waals surface area (Å²) >= 11 is 0. The molecule has 1 amide bonds. The zero-order chi connectivity index (χ0) is 11.8. The number of amides is 1. The van der Waals surface area contributed by atoms with Crippen molar-refractivity contribution in [2.45, 2.75) is 24.6 Å². The highest BCUT2D eigenvalue weighted by Crippen LogP contribution is 2.23. The third-order valence-corrected chi connectivity index (χ3v) is 4.11. The molecule has 6 nitrogen and oxygen atoms in total. The number of aliphatic carboxylic acids is 1. The highest BCUT2D eigenvalue weighted by atomic mass is 32.2. The van der Waals surface area contributed by atoms with Crippen LogP contribution in [0.5, 0.6) is 0 Å². The molecule has 1 N–H and O–H groups in total. The molecule has 1 heterocycles. The Balaban J connectivity index is 2.93. The van der Waals surface area contributed by atoms with E-state index in [-0.39, 0.29) is 13.0 Å².